The van der Waals surface area contributed by atoms with Crippen LogP contribution in [0.15, 0.2) is 85.1 Å². The van der Waals surface area contributed by atoms with Crippen molar-refractivity contribution >= 4 is 81.5 Å². The van der Waals surface area contributed by atoms with E-state index in [1.165, 1.54) is 14.2 Å². The number of carbonyl (C=O) groups excluding carboxylic acids is 9. The molecule has 1 fully saturated rings. The number of aromatic nitrogens is 1. The molecule has 94 heavy (non-hydrogen) atoms. The van der Waals surface area contributed by atoms with E-state index in [0.29, 0.717) is 55.0 Å². The lowest BCUT2D eigenvalue weighted by atomic mass is 9.89. The molecular weight excluding hydrogens is 1220 g/mol. The van der Waals surface area contributed by atoms with Crippen LogP contribution in [-0.2, 0) is 67.3 Å². The molecule has 1 saturated heterocycles. The fourth-order valence-electron chi connectivity index (χ4n) is 12.6. The Labute approximate surface area is 560 Å². The van der Waals surface area contributed by atoms with Crippen molar-refractivity contribution in [1.82, 2.24) is 51.2 Å². The first-order valence-corrected chi connectivity index (χ1v) is 33.5. The third-order valence-electron chi connectivity index (χ3n) is 18.0. The molecule has 1 aliphatic rings. The zero-order chi connectivity index (χ0) is 69.5. The molecule has 10 amide bonds. The van der Waals surface area contributed by atoms with Crippen molar-refractivity contribution in [3.8, 4) is 0 Å². The molecule has 1 aromatic heterocycles. The Kier molecular flexibility index (Phi) is 30.7. The highest BCUT2D eigenvalue weighted by Crippen LogP contribution is 2.31. The first-order valence-electron chi connectivity index (χ1n) is 33.1. The van der Waals surface area contributed by atoms with Gasteiger partial charge in [0.15, 0.2) is 0 Å². The fraction of sp³-hybridized carbons (Fsp3) is 0.586. The molecule has 0 radical (unpaired) electrons. The number of fused-ring (bicyclic) bond motifs is 1. The third kappa shape index (κ3) is 22.0. The van der Waals surface area contributed by atoms with Crippen molar-refractivity contribution in [1.29, 1.82) is 0 Å². The van der Waals surface area contributed by atoms with E-state index in [4.69, 9.17) is 26.8 Å². The summed E-state index contributed by atoms with van der Waals surface area (Å²) in [5.74, 6) is -4.54. The largest absolute Gasteiger partial charge is 0.379 e. The normalized spacial score (nSPS) is 16.5. The molecular formula is C70H105ClN12O11. The van der Waals surface area contributed by atoms with Gasteiger partial charge in [0.1, 0.15) is 24.2 Å². The Morgan fingerprint density at radius 3 is 1.97 bits per heavy atom. The zero-order valence-electron chi connectivity index (χ0n) is 57.6. The van der Waals surface area contributed by atoms with E-state index >= 15 is 0 Å². The molecule has 5 rings (SSSR count). The Balaban J connectivity index is 1.22. The highest BCUT2D eigenvalue weighted by atomic mass is 35.5. The molecule has 518 valence electrons. The number of primary amides is 1. The minimum atomic E-state index is -1.07. The summed E-state index contributed by atoms with van der Waals surface area (Å²) in [5.41, 5.74) is 8.11. The Hall–Kier alpha value is -7.60. The molecule has 9 N–H and O–H groups in total. The van der Waals surface area contributed by atoms with Crippen LogP contribution in [0.1, 0.15) is 125 Å². The molecule has 23 nitrogen and oxygen atoms in total. The fourth-order valence-corrected chi connectivity index (χ4v) is 12.9. The van der Waals surface area contributed by atoms with Crippen molar-refractivity contribution < 1.29 is 52.6 Å². The number of hydrogen-bond donors (Lipinski definition) is 8. The molecule has 0 spiro atoms. The molecule has 0 aliphatic carbocycles. The van der Waals surface area contributed by atoms with Gasteiger partial charge in [-0.15, -0.1) is 0 Å². The van der Waals surface area contributed by atoms with Crippen LogP contribution in [0, 0.1) is 29.6 Å². The van der Waals surface area contributed by atoms with Crippen LogP contribution >= 0.6 is 11.6 Å². The number of methoxy groups -OCH3 is 2. The van der Waals surface area contributed by atoms with E-state index in [0.717, 1.165) is 16.5 Å². The van der Waals surface area contributed by atoms with E-state index < -0.39 is 90.1 Å². The van der Waals surface area contributed by atoms with Crippen molar-refractivity contribution in [2.75, 3.05) is 53.8 Å². The summed E-state index contributed by atoms with van der Waals surface area (Å²) in [4.78, 5) is 129. The van der Waals surface area contributed by atoms with Gasteiger partial charge in [0.05, 0.1) is 42.7 Å². The highest BCUT2D eigenvalue weighted by molar-refractivity contribution is 6.35. The molecule has 24 heteroatoms. The van der Waals surface area contributed by atoms with E-state index in [1.54, 1.807) is 61.9 Å². The number of anilines is 1. The number of amides is 10. The lowest BCUT2D eigenvalue weighted by molar-refractivity contribution is -0.148. The van der Waals surface area contributed by atoms with Gasteiger partial charge in [-0.1, -0.05) is 129 Å². The smallest absolute Gasteiger partial charge is 0.312 e. The predicted octanol–water partition coefficient (Wildman–Crippen LogP) is 6.78. The first kappa shape index (κ1) is 77.1. The lowest BCUT2D eigenvalue weighted by Gasteiger charge is -2.41. The van der Waals surface area contributed by atoms with Gasteiger partial charge in [-0.05, 0) is 111 Å². The number of likely N-dealkylation sites (N-methyl/N-ethyl adjacent to an activating group) is 2. The Bertz CT molecular complexity index is 3140. The van der Waals surface area contributed by atoms with Crippen LogP contribution in [0.25, 0.3) is 10.9 Å². The Morgan fingerprint density at radius 2 is 1.36 bits per heavy atom. The number of nitrogens with one attached hydrogen (secondary N) is 7. The van der Waals surface area contributed by atoms with Crippen LogP contribution in [0.3, 0.4) is 0 Å². The molecule has 4 aromatic rings. The lowest BCUT2D eigenvalue weighted by Crippen LogP contribution is -2.59. The molecule has 3 aromatic carbocycles. The van der Waals surface area contributed by atoms with Gasteiger partial charge in [-0.25, -0.2) is 4.79 Å². The summed E-state index contributed by atoms with van der Waals surface area (Å²) in [6, 6.07) is 17.5. The highest BCUT2D eigenvalue weighted by Gasteiger charge is 2.44. The molecule has 0 bridgehead atoms. The number of carbonyl (C=O) groups is 9. The molecule has 0 unspecified atom stereocenters. The number of likely N-dealkylation sites (tertiary alicyclic amines) is 1. The average Bonchev–Trinajstić information content (AvgIpc) is 1.58. The summed E-state index contributed by atoms with van der Waals surface area (Å²) >= 11 is 6.36. The van der Waals surface area contributed by atoms with E-state index in [1.807, 2.05) is 126 Å². The van der Waals surface area contributed by atoms with E-state index in [9.17, 15) is 43.2 Å². The van der Waals surface area contributed by atoms with E-state index in [2.05, 4.69) is 37.2 Å². The van der Waals surface area contributed by atoms with Gasteiger partial charge in [0.2, 0.25) is 47.3 Å². The standard InChI is InChI=1S/C70H105ClN12O11/c1-15-45(8)62(81(12)69(91)60(43(4)5)79-68(90)61(44(6)7)80(10)11)56(93-13)40-58(85)83-37-21-28-55(83)63(94-14)46(9)64(86)77-53(39-47-23-17-16-18-24-47)65(87)74-41-48-30-32-49(33-31-48)75-66(88)52(26-20-35-73-70(72)92)76-67(89)59(42(2)3)78-57(84)29-22-36-82-38-34-50-51(71)25-19-27-54(50)82/h16-19,23-25,27,30-34,38,42-46,52-53,55-56,59-63H,15,20-22,26,28-29,35-37,39-41H2,1-14H3,(H,74,87)(H,75,88)(H,76,89)(H,77,86)(H,78,84)(H,79,90)(H3,72,73,92)/t45-,46+,52-,53-,55-,56+,59-,60-,61-,62-,63+/m0/s1. The monoisotopic (exact) mass is 1320 g/mol. The first-order chi connectivity index (χ1) is 44.6. The maximum absolute atomic E-state index is 14.6. The maximum atomic E-state index is 14.6. The number of urea groups is 1. The average molecular weight is 1330 g/mol. The second-order valence-corrected chi connectivity index (χ2v) is 26.6. The third-order valence-corrected chi connectivity index (χ3v) is 18.3. The number of rotatable bonds is 37. The SMILES string of the molecule is CC[C@H](C)[C@@H]([C@@H](CC(=O)N1CCC[C@H]1[C@H](OC)[C@@H](C)C(=O)N[C@@H](Cc1ccccc1)C(=O)NCc1ccc(NC(=O)[C@H](CCCNC(N)=O)NC(=O)[C@@H](NC(=O)CCCn2ccc3c(Cl)cccc32)C(C)C)cc1)OC)N(C)C(=O)[C@@H](NC(=O)[C@H](C(C)C)N(C)C)C(C)C. The topological polar surface area (TPSA) is 297 Å². The summed E-state index contributed by atoms with van der Waals surface area (Å²) in [6.45, 7) is 18.2. The van der Waals surface area contributed by atoms with Gasteiger partial charge >= 0.3 is 6.03 Å². The number of nitrogens with two attached hydrogens (primary N) is 1. The molecule has 1 aliphatic heterocycles. The van der Waals surface area contributed by atoms with Gasteiger partial charge in [0.25, 0.3) is 0 Å². The quantitative estimate of drug-likeness (QED) is 0.0217. The second kappa shape index (κ2) is 37.5. The number of benzene rings is 3. The maximum Gasteiger partial charge on any atom is 0.312 e. The zero-order valence-corrected chi connectivity index (χ0v) is 58.3. The van der Waals surface area contributed by atoms with Crippen LogP contribution in [0.4, 0.5) is 10.5 Å². The minimum absolute atomic E-state index is 0.00154. The Morgan fingerprint density at radius 1 is 0.691 bits per heavy atom. The molecule has 2 heterocycles. The summed E-state index contributed by atoms with van der Waals surface area (Å²) in [7, 11) is 8.43. The number of aryl methyl sites for hydroxylation is 1. The van der Waals surface area contributed by atoms with Crippen molar-refractivity contribution in [3.63, 3.8) is 0 Å². The van der Waals surface area contributed by atoms with Crippen LogP contribution in [-0.4, -0.2) is 176 Å². The summed E-state index contributed by atoms with van der Waals surface area (Å²) < 4.78 is 14.2. The number of hydrogen-bond acceptors (Lipinski definition) is 12. The summed E-state index contributed by atoms with van der Waals surface area (Å²) in [5, 5.41) is 21.6. The predicted molar refractivity (Wildman–Crippen MR) is 366 cm³/mol. The van der Waals surface area contributed by atoms with Crippen molar-refractivity contribution in [2.24, 2.45) is 35.3 Å². The number of ether oxygens (including phenoxy) is 2. The second-order valence-electron chi connectivity index (χ2n) is 26.2. The van der Waals surface area contributed by atoms with Crippen molar-refractivity contribution in [2.45, 2.75) is 188 Å². The number of halogens is 1. The van der Waals surface area contributed by atoms with Gasteiger partial charge in [0, 0.05) is 88.1 Å². The van der Waals surface area contributed by atoms with Crippen molar-refractivity contribution in [3.05, 3.63) is 101 Å². The number of nitrogens with zero attached hydrogens (tertiary/aromatic N) is 4. The molecule has 0 saturated carbocycles. The van der Waals surface area contributed by atoms with Crippen LogP contribution in [0.5, 0.6) is 0 Å². The minimum Gasteiger partial charge on any atom is -0.379 e. The van der Waals surface area contributed by atoms with Gasteiger partial charge < -0.3 is 66.8 Å². The van der Waals surface area contributed by atoms with Gasteiger partial charge in [-0.2, -0.15) is 0 Å². The van der Waals surface area contributed by atoms with Gasteiger partial charge in [-0.3, -0.25) is 43.3 Å². The van der Waals surface area contributed by atoms with Crippen LogP contribution < -0.4 is 43.0 Å². The van der Waals surface area contributed by atoms with Crippen LogP contribution in [0.2, 0.25) is 5.02 Å². The summed E-state index contributed by atoms with van der Waals surface area (Å²) in [6.07, 6.45) is 3.51. The van der Waals surface area contributed by atoms with E-state index in [-0.39, 0.29) is 92.5 Å². The molecule has 11 atom stereocenters.